The molecular formula is C13H19N3S. The molecule has 3 nitrogen and oxygen atoms in total. The average molecular weight is 249 g/mol. The number of imidazole rings is 1. The van der Waals surface area contributed by atoms with E-state index in [1.807, 2.05) is 30.8 Å². The van der Waals surface area contributed by atoms with E-state index < -0.39 is 0 Å². The van der Waals surface area contributed by atoms with Gasteiger partial charge < -0.3 is 9.88 Å². The van der Waals surface area contributed by atoms with E-state index in [0.717, 1.165) is 12.4 Å². The Balaban J connectivity index is 2.40. The lowest BCUT2D eigenvalue weighted by Gasteiger charge is -2.15. The minimum atomic E-state index is 0.197. The third-order valence-corrected chi connectivity index (χ3v) is 4.32. The fourth-order valence-corrected chi connectivity index (χ4v) is 3.14. The van der Waals surface area contributed by atoms with Crippen molar-refractivity contribution in [1.82, 2.24) is 14.9 Å². The molecule has 2 heterocycles. The molecule has 0 saturated carbocycles. The Kier molecular flexibility index (Phi) is 3.64. The van der Waals surface area contributed by atoms with Crippen LogP contribution in [0.1, 0.15) is 34.1 Å². The second-order valence-electron chi connectivity index (χ2n) is 4.18. The first kappa shape index (κ1) is 12.3. The smallest absolute Gasteiger partial charge is 0.131 e. The summed E-state index contributed by atoms with van der Waals surface area (Å²) in [4.78, 5) is 7.20. The summed E-state index contributed by atoms with van der Waals surface area (Å²) in [7, 11) is 1.99. The summed E-state index contributed by atoms with van der Waals surface area (Å²) < 4.78 is 2.19. The van der Waals surface area contributed by atoms with Crippen molar-refractivity contribution in [2.45, 2.75) is 33.4 Å². The second-order valence-corrected chi connectivity index (χ2v) is 5.47. The maximum Gasteiger partial charge on any atom is 0.131 e. The van der Waals surface area contributed by atoms with E-state index in [9.17, 15) is 0 Å². The van der Waals surface area contributed by atoms with Gasteiger partial charge in [-0.15, -0.1) is 11.3 Å². The van der Waals surface area contributed by atoms with Gasteiger partial charge in [-0.25, -0.2) is 4.98 Å². The number of hydrogen-bond donors (Lipinski definition) is 1. The molecule has 0 radical (unpaired) electrons. The highest BCUT2D eigenvalue weighted by molar-refractivity contribution is 7.12. The molecule has 0 aliphatic heterocycles. The van der Waals surface area contributed by atoms with E-state index in [4.69, 9.17) is 0 Å². The first-order chi connectivity index (χ1) is 8.17. The summed E-state index contributed by atoms with van der Waals surface area (Å²) in [5.74, 6) is 1.09. The van der Waals surface area contributed by atoms with E-state index in [1.54, 1.807) is 0 Å². The fraction of sp³-hybridized carbons (Fsp3) is 0.462. The number of nitrogens with one attached hydrogen (secondary N) is 1. The lowest BCUT2D eigenvalue weighted by Crippen LogP contribution is -2.20. The Hall–Kier alpha value is -1.13. The molecule has 0 spiro atoms. The maximum atomic E-state index is 4.48. The average Bonchev–Trinajstić information content (AvgIpc) is 2.89. The lowest BCUT2D eigenvalue weighted by atomic mass is 10.2. The molecule has 0 fully saturated rings. The quantitative estimate of drug-likeness (QED) is 0.903. The second kappa shape index (κ2) is 5.02. The Labute approximate surface area is 107 Å². The first-order valence-electron chi connectivity index (χ1n) is 5.92. The summed E-state index contributed by atoms with van der Waals surface area (Å²) in [6, 6.07) is 2.46. The molecule has 17 heavy (non-hydrogen) atoms. The van der Waals surface area contributed by atoms with Crippen LogP contribution in [0.4, 0.5) is 0 Å². The summed E-state index contributed by atoms with van der Waals surface area (Å²) in [6.45, 7) is 7.43. The van der Waals surface area contributed by atoms with Gasteiger partial charge in [0.15, 0.2) is 0 Å². The van der Waals surface area contributed by atoms with Crippen LogP contribution in [-0.4, -0.2) is 16.6 Å². The number of hydrogen-bond acceptors (Lipinski definition) is 3. The van der Waals surface area contributed by atoms with E-state index in [-0.39, 0.29) is 6.04 Å². The van der Waals surface area contributed by atoms with E-state index in [0.29, 0.717) is 0 Å². The van der Waals surface area contributed by atoms with Gasteiger partial charge in [0, 0.05) is 28.7 Å². The predicted octanol–water partition coefficient (Wildman–Crippen LogP) is 2.89. The molecule has 0 aliphatic rings. The molecule has 0 bridgehead atoms. The van der Waals surface area contributed by atoms with Crippen molar-refractivity contribution in [2.75, 3.05) is 7.05 Å². The van der Waals surface area contributed by atoms with Crippen molar-refractivity contribution in [3.63, 3.8) is 0 Å². The summed E-state index contributed by atoms with van der Waals surface area (Å²) in [5.41, 5.74) is 1.36. The van der Waals surface area contributed by atoms with Crippen molar-refractivity contribution in [3.8, 4) is 0 Å². The monoisotopic (exact) mass is 249 g/mol. The number of aryl methyl sites for hydroxylation is 3. The molecule has 1 unspecified atom stereocenters. The molecule has 1 N–H and O–H groups in total. The third-order valence-electron chi connectivity index (χ3n) is 3.10. The van der Waals surface area contributed by atoms with Crippen LogP contribution in [0.2, 0.25) is 0 Å². The Morgan fingerprint density at radius 1 is 1.47 bits per heavy atom. The molecule has 0 aromatic carbocycles. The zero-order chi connectivity index (χ0) is 12.4. The maximum absolute atomic E-state index is 4.48. The Morgan fingerprint density at radius 2 is 2.24 bits per heavy atom. The number of nitrogens with zero attached hydrogens (tertiary/aromatic N) is 2. The van der Waals surface area contributed by atoms with Crippen molar-refractivity contribution in [3.05, 3.63) is 39.6 Å². The largest absolute Gasteiger partial charge is 0.334 e. The molecule has 2 aromatic rings. The van der Waals surface area contributed by atoms with Crippen LogP contribution in [0.15, 0.2) is 18.5 Å². The van der Waals surface area contributed by atoms with E-state index in [2.05, 4.69) is 41.7 Å². The summed E-state index contributed by atoms with van der Waals surface area (Å²) in [6.07, 6.45) is 3.91. The summed E-state index contributed by atoms with van der Waals surface area (Å²) >= 11 is 1.85. The van der Waals surface area contributed by atoms with Gasteiger partial charge in [-0.2, -0.15) is 0 Å². The highest BCUT2D eigenvalue weighted by Gasteiger charge is 2.19. The van der Waals surface area contributed by atoms with Crippen molar-refractivity contribution >= 4 is 11.3 Å². The van der Waals surface area contributed by atoms with Crippen LogP contribution in [0.25, 0.3) is 0 Å². The lowest BCUT2D eigenvalue weighted by molar-refractivity contribution is 0.597. The predicted molar refractivity (Wildman–Crippen MR) is 72.6 cm³/mol. The Bertz CT molecular complexity index is 479. The molecule has 0 amide bonds. The standard InChI is InChI=1S/C13H19N3S/c1-5-16-7-6-15-13(16)12(14-4)11-8-9(2)10(3)17-11/h6-8,12,14H,5H2,1-4H3. The van der Waals surface area contributed by atoms with Crippen LogP contribution in [-0.2, 0) is 6.54 Å². The molecule has 4 heteroatoms. The van der Waals surface area contributed by atoms with Crippen LogP contribution >= 0.6 is 11.3 Å². The van der Waals surface area contributed by atoms with Crippen molar-refractivity contribution < 1.29 is 0 Å². The van der Waals surface area contributed by atoms with Crippen LogP contribution in [0.3, 0.4) is 0 Å². The molecule has 92 valence electrons. The zero-order valence-corrected chi connectivity index (χ0v) is 11.6. The summed E-state index contributed by atoms with van der Waals surface area (Å²) in [5, 5.41) is 3.36. The fourth-order valence-electron chi connectivity index (χ4n) is 1.99. The van der Waals surface area contributed by atoms with Gasteiger partial charge in [0.05, 0.1) is 0 Å². The highest BCUT2D eigenvalue weighted by Crippen LogP contribution is 2.29. The topological polar surface area (TPSA) is 29.9 Å². The zero-order valence-electron chi connectivity index (χ0n) is 10.8. The molecule has 1 atom stereocenters. The normalized spacial score (nSPS) is 12.9. The molecule has 0 saturated heterocycles. The SMILES string of the molecule is CCn1ccnc1C(NC)c1cc(C)c(C)s1. The molecule has 0 aliphatic carbocycles. The van der Waals surface area contributed by atoms with Gasteiger partial charge in [-0.3, -0.25) is 0 Å². The number of thiophene rings is 1. The minimum absolute atomic E-state index is 0.197. The molecular weight excluding hydrogens is 230 g/mol. The first-order valence-corrected chi connectivity index (χ1v) is 6.74. The van der Waals surface area contributed by atoms with Crippen molar-refractivity contribution in [2.24, 2.45) is 0 Å². The van der Waals surface area contributed by atoms with Crippen LogP contribution in [0, 0.1) is 13.8 Å². The van der Waals surface area contributed by atoms with Gasteiger partial charge in [0.25, 0.3) is 0 Å². The van der Waals surface area contributed by atoms with Crippen molar-refractivity contribution in [1.29, 1.82) is 0 Å². The highest BCUT2D eigenvalue weighted by atomic mass is 32.1. The minimum Gasteiger partial charge on any atom is -0.334 e. The van der Waals surface area contributed by atoms with E-state index >= 15 is 0 Å². The molecule has 2 aromatic heterocycles. The van der Waals surface area contributed by atoms with Crippen LogP contribution < -0.4 is 5.32 Å². The number of rotatable bonds is 4. The third kappa shape index (κ3) is 2.28. The van der Waals surface area contributed by atoms with Gasteiger partial charge in [0.1, 0.15) is 11.9 Å². The van der Waals surface area contributed by atoms with Crippen LogP contribution in [0.5, 0.6) is 0 Å². The van der Waals surface area contributed by atoms with E-state index in [1.165, 1.54) is 15.3 Å². The van der Waals surface area contributed by atoms with Gasteiger partial charge >= 0.3 is 0 Å². The van der Waals surface area contributed by atoms with Gasteiger partial charge in [0.2, 0.25) is 0 Å². The van der Waals surface area contributed by atoms with Gasteiger partial charge in [-0.05, 0) is 39.4 Å². The van der Waals surface area contributed by atoms with Gasteiger partial charge in [-0.1, -0.05) is 0 Å². The molecule has 2 rings (SSSR count). The number of aromatic nitrogens is 2. The Morgan fingerprint density at radius 3 is 2.76 bits per heavy atom.